The number of thiophene rings is 1. The molecule has 6 nitrogen and oxygen atoms in total. The third-order valence-corrected chi connectivity index (χ3v) is 8.19. The zero-order chi connectivity index (χ0) is 24.9. The second-order valence-corrected chi connectivity index (χ2v) is 12.5. The summed E-state index contributed by atoms with van der Waals surface area (Å²) in [5, 5.41) is 0. The Labute approximate surface area is 211 Å². The SMILES string of the molecule is COC(=O)c1sc(C#CC(C)(C)C)cc1N(CC(=O)N1CCSCC1)C(=O)C1CCC(C)CC1. The smallest absolute Gasteiger partial charge is 0.350 e. The summed E-state index contributed by atoms with van der Waals surface area (Å²) in [5.74, 6) is 7.93. The van der Waals surface area contributed by atoms with E-state index in [2.05, 4.69) is 18.8 Å². The zero-order valence-corrected chi connectivity index (χ0v) is 22.6. The largest absolute Gasteiger partial charge is 0.465 e. The van der Waals surface area contributed by atoms with Crippen molar-refractivity contribution in [3.8, 4) is 11.8 Å². The number of carbonyl (C=O) groups excluding carboxylic acids is 3. The van der Waals surface area contributed by atoms with Crippen LogP contribution in [-0.2, 0) is 14.3 Å². The Morgan fingerprint density at radius 3 is 2.38 bits per heavy atom. The summed E-state index contributed by atoms with van der Waals surface area (Å²) in [5.41, 5.74) is 0.241. The number of thioether (sulfide) groups is 1. The summed E-state index contributed by atoms with van der Waals surface area (Å²) in [6.45, 7) is 9.57. The van der Waals surface area contributed by atoms with Gasteiger partial charge >= 0.3 is 5.97 Å². The van der Waals surface area contributed by atoms with Crippen molar-refractivity contribution in [3.63, 3.8) is 0 Å². The molecule has 34 heavy (non-hydrogen) atoms. The van der Waals surface area contributed by atoms with E-state index in [1.807, 2.05) is 37.4 Å². The van der Waals surface area contributed by atoms with Crippen LogP contribution in [0.25, 0.3) is 0 Å². The van der Waals surface area contributed by atoms with Crippen LogP contribution in [0.2, 0.25) is 0 Å². The first-order valence-electron chi connectivity index (χ1n) is 12.0. The van der Waals surface area contributed by atoms with Gasteiger partial charge in [0.05, 0.1) is 17.7 Å². The summed E-state index contributed by atoms with van der Waals surface area (Å²) in [6.07, 6.45) is 3.60. The van der Waals surface area contributed by atoms with Crippen molar-refractivity contribution >= 4 is 46.6 Å². The molecule has 0 aromatic carbocycles. The molecular weight excluding hydrogens is 468 g/mol. The third-order valence-electron chi connectivity index (χ3n) is 6.22. The lowest BCUT2D eigenvalue weighted by atomic mass is 9.82. The van der Waals surface area contributed by atoms with E-state index in [9.17, 15) is 14.4 Å². The normalized spacial score (nSPS) is 20.8. The molecule has 2 heterocycles. The Kier molecular flexibility index (Phi) is 9.11. The highest BCUT2D eigenvalue weighted by atomic mass is 32.2. The summed E-state index contributed by atoms with van der Waals surface area (Å²) >= 11 is 3.05. The third kappa shape index (κ3) is 7.02. The predicted octanol–water partition coefficient (Wildman–Crippen LogP) is 4.67. The Hall–Kier alpha value is -1.98. The number of hydrogen-bond donors (Lipinski definition) is 0. The van der Waals surface area contributed by atoms with Gasteiger partial charge in [0, 0.05) is 35.9 Å². The van der Waals surface area contributed by atoms with Crippen LogP contribution in [-0.4, -0.2) is 60.9 Å². The lowest BCUT2D eigenvalue weighted by Crippen LogP contribution is -2.48. The van der Waals surface area contributed by atoms with E-state index in [1.54, 1.807) is 6.07 Å². The molecule has 2 aliphatic rings. The van der Waals surface area contributed by atoms with Gasteiger partial charge < -0.3 is 14.5 Å². The first kappa shape index (κ1) is 26.6. The van der Waals surface area contributed by atoms with Crippen LogP contribution in [0, 0.1) is 29.1 Å². The van der Waals surface area contributed by atoms with Crippen molar-refractivity contribution in [1.29, 1.82) is 0 Å². The van der Waals surface area contributed by atoms with Crippen LogP contribution in [0.5, 0.6) is 0 Å². The molecule has 3 rings (SSSR count). The molecule has 2 fully saturated rings. The molecule has 1 saturated heterocycles. The highest BCUT2D eigenvalue weighted by Gasteiger charge is 2.34. The second-order valence-electron chi connectivity index (χ2n) is 10.2. The number of amides is 2. The van der Waals surface area contributed by atoms with Gasteiger partial charge in [-0.25, -0.2) is 4.79 Å². The summed E-state index contributed by atoms with van der Waals surface area (Å²) in [4.78, 5) is 44.0. The van der Waals surface area contributed by atoms with Gasteiger partial charge in [0.1, 0.15) is 11.4 Å². The number of ether oxygens (including phenoxy) is 1. The van der Waals surface area contributed by atoms with E-state index in [0.717, 1.165) is 37.2 Å². The van der Waals surface area contributed by atoms with E-state index in [-0.39, 0.29) is 29.7 Å². The fraction of sp³-hybridized carbons (Fsp3) is 0.654. The van der Waals surface area contributed by atoms with Gasteiger partial charge in [-0.05, 0) is 58.4 Å². The zero-order valence-electron chi connectivity index (χ0n) is 20.9. The van der Waals surface area contributed by atoms with Gasteiger partial charge in [0.25, 0.3) is 0 Å². The Morgan fingerprint density at radius 2 is 1.79 bits per heavy atom. The predicted molar refractivity (Wildman–Crippen MR) is 139 cm³/mol. The summed E-state index contributed by atoms with van der Waals surface area (Å²) in [6, 6.07) is 1.78. The molecule has 1 aliphatic carbocycles. The van der Waals surface area contributed by atoms with E-state index in [0.29, 0.717) is 34.4 Å². The average Bonchev–Trinajstić information content (AvgIpc) is 3.25. The lowest BCUT2D eigenvalue weighted by Gasteiger charge is -2.33. The Bertz CT molecular complexity index is 956. The van der Waals surface area contributed by atoms with Gasteiger partial charge in [-0.3, -0.25) is 9.59 Å². The fourth-order valence-corrected chi connectivity index (χ4v) is 6.02. The van der Waals surface area contributed by atoms with Crippen LogP contribution >= 0.6 is 23.1 Å². The molecule has 0 N–H and O–H groups in total. The number of nitrogens with zero attached hydrogens (tertiary/aromatic N) is 2. The molecule has 1 aromatic rings. The van der Waals surface area contributed by atoms with Crippen LogP contribution in [0.15, 0.2) is 6.07 Å². The van der Waals surface area contributed by atoms with Crippen molar-refractivity contribution in [2.75, 3.05) is 43.1 Å². The minimum atomic E-state index is -0.513. The van der Waals surface area contributed by atoms with Crippen LogP contribution < -0.4 is 4.90 Å². The van der Waals surface area contributed by atoms with E-state index in [1.165, 1.54) is 23.3 Å². The number of anilines is 1. The minimum absolute atomic E-state index is 0.0670. The number of methoxy groups -OCH3 is 1. The van der Waals surface area contributed by atoms with Gasteiger partial charge in [0.2, 0.25) is 11.8 Å². The van der Waals surface area contributed by atoms with E-state index >= 15 is 0 Å². The molecule has 0 bridgehead atoms. The summed E-state index contributed by atoms with van der Waals surface area (Å²) in [7, 11) is 1.33. The van der Waals surface area contributed by atoms with Crippen LogP contribution in [0.3, 0.4) is 0 Å². The number of esters is 1. The monoisotopic (exact) mass is 504 g/mol. The quantitative estimate of drug-likeness (QED) is 0.431. The fourth-order valence-electron chi connectivity index (χ4n) is 4.19. The van der Waals surface area contributed by atoms with Gasteiger partial charge in [-0.1, -0.05) is 18.8 Å². The molecule has 0 spiro atoms. The maximum absolute atomic E-state index is 13.8. The molecule has 186 valence electrons. The molecular formula is C26H36N2O4S2. The number of carbonyl (C=O) groups is 3. The standard InChI is InChI=1S/C26H36N2O4S2/c1-18-6-8-19(9-7-18)24(30)28(17-22(29)27-12-14-33-15-13-27)21-16-20(10-11-26(2,3)4)34-23(21)25(31)32-5/h16,18-19H,6-9,12-15,17H2,1-5H3. The van der Waals surface area contributed by atoms with Crippen LogP contribution in [0.4, 0.5) is 5.69 Å². The number of rotatable bonds is 5. The average molecular weight is 505 g/mol. The molecule has 1 aliphatic heterocycles. The maximum atomic E-state index is 13.8. The molecule has 0 atom stereocenters. The molecule has 1 aromatic heterocycles. The topological polar surface area (TPSA) is 66.9 Å². The number of hydrogen-bond acceptors (Lipinski definition) is 6. The first-order chi connectivity index (χ1) is 16.1. The van der Waals surface area contributed by atoms with Crippen molar-refractivity contribution in [1.82, 2.24) is 4.90 Å². The highest BCUT2D eigenvalue weighted by Crippen LogP contribution is 2.35. The van der Waals surface area contributed by atoms with E-state index < -0.39 is 5.97 Å². The van der Waals surface area contributed by atoms with E-state index in [4.69, 9.17) is 4.74 Å². The maximum Gasteiger partial charge on any atom is 0.350 e. The van der Waals surface area contributed by atoms with Crippen molar-refractivity contribution in [2.24, 2.45) is 17.3 Å². The van der Waals surface area contributed by atoms with Crippen LogP contribution in [0.1, 0.15) is 67.9 Å². The molecule has 0 radical (unpaired) electrons. The molecule has 1 saturated carbocycles. The van der Waals surface area contributed by atoms with Gasteiger partial charge in [-0.15, -0.1) is 11.3 Å². The second kappa shape index (κ2) is 11.6. The minimum Gasteiger partial charge on any atom is -0.465 e. The van der Waals surface area contributed by atoms with Crippen molar-refractivity contribution in [2.45, 2.75) is 53.4 Å². The van der Waals surface area contributed by atoms with Gasteiger partial charge in [-0.2, -0.15) is 11.8 Å². The molecule has 2 amide bonds. The van der Waals surface area contributed by atoms with Crippen molar-refractivity contribution in [3.05, 3.63) is 15.8 Å². The van der Waals surface area contributed by atoms with Gasteiger partial charge in [0.15, 0.2) is 0 Å². The Morgan fingerprint density at radius 1 is 1.15 bits per heavy atom. The Balaban J connectivity index is 1.98. The summed E-state index contributed by atoms with van der Waals surface area (Å²) < 4.78 is 5.03. The molecule has 8 heteroatoms. The van der Waals surface area contributed by atoms with Crippen molar-refractivity contribution < 1.29 is 19.1 Å². The highest BCUT2D eigenvalue weighted by molar-refractivity contribution is 7.99. The lowest BCUT2D eigenvalue weighted by molar-refractivity contribution is -0.132. The molecule has 0 unspecified atom stereocenters. The first-order valence-corrected chi connectivity index (χ1v) is 14.0.